The summed E-state index contributed by atoms with van der Waals surface area (Å²) in [7, 11) is 1.72. The molecule has 1 saturated heterocycles. The van der Waals surface area contributed by atoms with Gasteiger partial charge in [0.1, 0.15) is 0 Å². The van der Waals surface area contributed by atoms with Crippen molar-refractivity contribution < 1.29 is 9.53 Å². The molecule has 6 heteroatoms. The van der Waals surface area contributed by atoms with Crippen LogP contribution >= 0.6 is 11.6 Å². The predicted molar refractivity (Wildman–Crippen MR) is 89.7 cm³/mol. The first kappa shape index (κ1) is 17.1. The Morgan fingerprint density at radius 1 is 1.32 bits per heavy atom. The molecule has 1 heterocycles. The van der Waals surface area contributed by atoms with Crippen molar-refractivity contribution in [2.24, 2.45) is 0 Å². The molecular formula is C16H24ClN3O2. The molecule has 1 aromatic rings. The van der Waals surface area contributed by atoms with Crippen LogP contribution in [0.2, 0.25) is 5.02 Å². The number of methoxy groups -OCH3 is 1. The van der Waals surface area contributed by atoms with Gasteiger partial charge < -0.3 is 15.0 Å². The van der Waals surface area contributed by atoms with Crippen molar-refractivity contribution in [3.05, 3.63) is 28.8 Å². The molecule has 0 atom stereocenters. The van der Waals surface area contributed by atoms with Gasteiger partial charge in [0.2, 0.25) is 0 Å². The first-order valence-electron chi connectivity index (χ1n) is 7.64. The Morgan fingerprint density at radius 3 is 2.68 bits per heavy atom. The van der Waals surface area contributed by atoms with Gasteiger partial charge in [-0.15, -0.1) is 0 Å². The van der Waals surface area contributed by atoms with Crippen molar-refractivity contribution in [3.8, 4) is 0 Å². The van der Waals surface area contributed by atoms with Gasteiger partial charge >= 0.3 is 6.03 Å². The van der Waals surface area contributed by atoms with Crippen LogP contribution in [-0.2, 0) is 4.74 Å². The Labute approximate surface area is 137 Å². The van der Waals surface area contributed by atoms with Crippen LogP contribution in [0.15, 0.2) is 18.2 Å². The molecule has 0 bridgehead atoms. The zero-order chi connectivity index (χ0) is 15.9. The SMILES string of the molecule is COCCCN1CCN(C(=O)Nc2c(C)cccc2Cl)CC1. The van der Waals surface area contributed by atoms with Gasteiger partial charge in [-0.2, -0.15) is 0 Å². The predicted octanol–water partition coefficient (Wildman–Crippen LogP) is 2.83. The average Bonchev–Trinajstić information content (AvgIpc) is 2.52. The lowest BCUT2D eigenvalue weighted by molar-refractivity contribution is 0.130. The lowest BCUT2D eigenvalue weighted by Gasteiger charge is -2.34. The molecule has 1 aliphatic heterocycles. The molecule has 0 aromatic heterocycles. The van der Waals surface area contributed by atoms with E-state index in [1.165, 1.54) is 0 Å². The van der Waals surface area contributed by atoms with Crippen LogP contribution in [0.3, 0.4) is 0 Å². The summed E-state index contributed by atoms with van der Waals surface area (Å²) in [5.41, 5.74) is 1.68. The van der Waals surface area contributed by atoms with Crippen molar-refractivity contribution in [1.82, 2.24) is 9.80 Å². The minimum Gasteiger partial charge on any atom is -0.385 e. The number of piperazine rings is 1. The van der Waals surface area contributed by atoms with E-state index in [9.17, 15) is 4.79 Å². The highest BCUT2D eigenvalue weighted by molar-refractivity contribution is 6.33. The largest absolute Gasteiger partial charge is 0.385 e. The van der Waals surface area contributed by atoms with Gasteiger partial charge in [0.15, 0.2) is 0 Å². The monoisotopic (exact) mass is 325 g/mol. The summed E-state index contributed by atoms with van der Waals surface area (Å²) >= 11 is 6.15. The van der Waals surface area contributed by atoms with E-state index in [-0.39, 0.29) is 6.03 Å². The Kier molecular flexibility index (Phi) is 6.49. The van der Waals surface area contributed by atoms with Crippen molar-refractivity contribution in [2.75, 3.05) is 51.8 Å². The van der Waals surface area contributed by atoms with Crippen molar-refractivity contribution in [3.63, 3.8) is 0 Å². The smallest absolute Gasteiger partial charge is 0.321 e. The second-order valence-electron chi connectivity index (χ2n) is 5.54. The molecule has 1 fully saturated rings. The number of halogens is 1. The van der Waals surface area contributed by atoms with Crippen molar-refractivity contribution in [2.45, 2.75) is 13.3 Å². The third-order valence-electron chi connectivity index (χ3n) is 3.94. The fourth-order valence-corrected chi connectivity index (χ4v) is 2.85. The van der Waals surface area contributed by atoms with E-state index in [0.29, 0.717) is 10.7 Å². The summed E-state index contributed by atoms with van der Waals surface area (Å²) in [4.78, 5) is 16.6. The fraction of sp³-hybridized carbons (Fsp3) is 0.562. The number of hydrogen-bond donors (Lipinski definition) is 1. The van der Waals surface area contributed by atoms with Crippen molar-refractivity contribution in [1.29, 1.82) is 0 Å². The Balaban J connectivity index is 1.82. The summed E-state index contributed by atoms with van der Waals surface area (Å²) in [5, 5.41) is 3.51. The number of carbonyl (C=O) groups excluding carboxylic acids is 1. The molecule has 1 N–H and O–H groups in total. The van der Waals surface area contributed by atoms with Crippen LogP contribution in [0.25, 0.3) is 0 Å². The number of carbonyl (C=O) groups is 1. The minimum absolute atomic E-state index is 0.0762. The van der Waals surface area contributed by atoms with E-state index >= 15 is 0 Å². The number of para-hydroxylation sites is 1. The number of anilines is 1. The van der Waals surface area contributed by atoms with E-state index in [0.717, 1.165) is 51.3 Å². The molecular weight excluding hydrogens is 302 g/mol. The van der Waals surface area contributed by atoms with E-state index in [4.69, 9.17) is 16.3 Å². The van der Waals surface area contributed by atoms with Crippen LogP contribution in [-0.4, -0.2) is 62.3 Å². The first-order valence-corrected chi connectivity index (χ1v) is 8.02. The number of hydrogen-bond acceptors (Lipinski definition) is 3. The molecule has 22 heavy (non-hydrogen) atoms. The van der Waals surface area contributed by atoms with Gasteiger partial charge in [-0.3, -0.25) is 4.90 Å². The van der Waals surface area contributed by atoms with Crippen LogP contribution < -0.4 is 5.32 Å². The highest BCUT2D eigenvalue weighted by Crippen LogP contribution is 2.25. The number of rotatable bonds is 5. The molecule has 0 aliphatic carbocycles. The highest BCUT2D eigenvalue weighted by Gasteiger charge is 2.21. The summed E-state index contributed by atoms with van der Waals surface area (Å²) in [6.45, 7) is 7.02. The number of ether oxygens (including phenoxy) is 1. The molecule has 1 aliphatic rings. The number of amides is 2. The third-order valence-corrected chi connectivity index (χ3v) is 4.25. The minimum atomic E-state index is -0.0762. The number of urea groups is 1. The normalized spacial score (nSPS) is 15.9. The van der Waals surface area contributed by atoms with E-state index in [1.54, 1.807) is 13.2 Å². The van der Waals surface area contributed by atoms with Crippen LogP contribution in [0.4, 0.5) is 10.5 Å². The maximum atomic E-state index is 12.4. The molecule has 0 saturated carbocycles. The van der Waals surface area contributed by atoms with E-state index in [2.05, 4.69) is 10.2 Å². The van der Waals surface area contributed by atoms with Gasteiger partial charge in [0, 0.05) is 46.4 Å². The zero-order valence-corrected chi connectivity index (χ0v) is 14.0. The van der Waals surface area contributed by atoms with Crippen LogP contribution in [0.5, 0.6) is 0 Å². The Morgan fingerprint density at radius 2 is 2.05 bits per heavy atom. The third kappa shape index (κ3) is 4.60. The summed E-state index contributed by atoms with van der Waals surface area (Å²) in [5.74, 6) is 0. The van der Waals surface area contributed by atoms with Gasteiger partial charge in [-0.1, -0.05) is 23.7 Å². The van der Waals surface area contributed by atoms with Crippen LogP contribution in [0, 0.1) is 6.92 Å². The van der Waals surface area contributed by atoms with Crippen molar-refractivity contribution >= 4 is 23.3 Å². The number of nitrogens with zero attached hydrogens (tertiary/aromatic N) is 2. The van der Waals surface area contributed by atoms with Gasteiger partial charge in [0.05, 0.1) is 10.7 Å². The number of nitrogens with one attached hydrogen (secondary N) is 1. The van der Waals surface area contributed by atoms with Gasteiger partial charge in [-0.25, -0.2) is 4.79 Å². The van der Waals surface area contributed by atoms with E-state index < -0.39 is 0 Å². The first-order chi connectivity index (χ1) is 10.6. The van der Waals surface area contributed by atoms with E-state index in [1.807, 2.05) is 24.0 Å². The lowest BCUT2D eigenvalue weighted by Crippen LogP contribution is -2.50. The summed E-state index contributed by atoms with van der Waals surface area (Å²) in [6, 6.07) is 5.53. The van der Waals surface area contributed by atoms with Gasteiger partial charge in [-0.05, 0) is 25.0 Å². The number of benzene rings is 1. The van der Waals surface area contributed by atoms with Gasteiger partial charge in [0.25, 0.3) is 0 Å². The highest BCUT2D eigenvalue weighted by atomic mass is 35.5. The standard InChI is InChI=1S/C16H24ClN3O2/c1-13-5-3-6-14(17)15(13)18-16(21)20-10-8-19(9-11-20)7-4-12-22-2/h3,5-6H,4,7-12H2,1-2H3,(H,18,21). The molecule has 1 aromatic carbocycles. The second-order valence-corrected chi connectivity index (χ2v) is 5.94. The molecule has 122 valence electrons. The average molecular weight is 326 g/mol. The van der Waals surface area contributed by atoms with Crippen LogP contribution in [0.1, 0.15) is 12.0 Å². The molecule has 2 amide bonds. The maximum Gasteiger partial charge on any atom is 0.321 e. The lowest BCUT2D eigenvalue weighted by atomic mass is 10.2. The number of aryl methyl sites for hydroxylation is 1. The molecule has 5 nitrogen and oxygen atoms in total. The molecule has 0 unspecified atom stereocenters. The fourth-order valence-electron chi connectivity index (χ4n) is 2.58. The molecule has 0 spiro atoms. The Hall–Kier alpha value is -1.30. The quantitative estimate of drug-likeness (QED) is 0.847. The molecule has 2 rings (SSSR count). The zero-order valence-electron chi connectivity index (χ0n) is 13.3. The topological polar surface area (TPSA) is 44.8 Å². The second kappa shape index (κ2) is 8.36. The summed E-state index contributed by atoms with van der Waals surface area (Å²) in [6.07, 6.45) is 1.03. The molecule has 0 radical (unpaired) electrons. The maximum absolute atomic E-state index is 12.4. The summed E-state index contributed by atoms with van der Waals surface area (Å²) < 4.78 is 5.07. The Bertz CT molecular complexity index is 482.